The molecule has 0 bridgehead atoms. The Kier molecular flexibility index (Phi) is 8.60. The van der Waals surface area contributed by atoms with E-state index in [1.165, 1.54) is 0 Å². The SMILES string of the molecule is COc1cc2c(cc1OC)C(C)(C)CC2=C(C#N)C(=O)OCCCC[Si](C)(C)O[Si](C)(C)C. The fraction of sp³-hybridized carbons (Fsp3) is 0.600. The number of esters is 1. The minimum absolute atomic E-state index is 0.0748. The van der Waals surface area contributed by atoms with E-state index >= 15 is 0 Å². The van der Waals surface area contributed by atoms with Crippen molar-refractivity contribution in [1.82, 2.24) is 0 Å². The van der Waals surface area contributed by atoms with Crippen LogP contribution in [-0.4, -0.2) is 43.4 Å². The zero-order chi connectivity index (χ0) is 25.0. The van der Waals surface area contributed by atoms with Gasteiger partial charge in [-0.05, 0) is 85.9 Å². The molecule has 1 aliphatic carbocycles. The zero-order valence-electron chi connectivity index (χ0n) is 21.7. The number of carbonyl (C=O) groups is 1. The van der Waals surface area contributed by atoms with Gasteiger partial charge in [-0.3, -0.25) is 0 Å². The first-order valence-corrected chi connectivity index (χ1v) is 18.0. The van der Waals surface area contributed by atoms with Gasteiger partial charge in [0.15, 0.2) is 28.1 Å². The average Bonchev–Trinajstić information content (AvgIpc) is 2.95. The van der Waals surface area contributed by atoms with E-state index in [0.29, 0.717) is 30.1 Å². The van der Waals surface area contributed by atoms with Gasteiger partial charge < -0.3 is 18.3 Å². The first kappa shape index (κ1) is 27.2. The number of unbranched alkanes of at least 4 members (excludes halogenated alkanes) is 1. The van der Waals surface area contributed by atoms with Gasteiger partial charge in [0.2, 0.25) is 0 Å². The Morgan fingerprint density at radius 2 is 1.67 bits per heavy atom. The van der Waals surface area contributed by atoms with Crippen LogP contribution in [0.1, 0.15) is 44.2 Å². The van der Waals surface area contributed by atoms with Crippen LogP contribution >= 0.6 is 0 Å². The number of nitriles is 1. The van der Waals surface area contributed by atoms with Crippen molar-refractivity contribution in [2.45, 2.75) is 77.3 Å². The summed E-state index contributed by atoms with van der Waals surface area (Å²) in [4.78, 5) is 12.8. The largest absolute Gasteiger partial charge is 0.493 e. The molecule has 8 heteroatoms. The van der Waals surface area contributed by atoms with Gasteiger partial charge in [0.05, 0.1) is 20.8 Å². The van der Waals surface area contributed by atoms with Crippen LogP contribution in [0.4, 0.5) is 0 Å². The molecule has 1 aromatic carbocycles. The minimum Gasteiger partial charge on any atom is -0.493 e. The predicted molar refractivity (Wildman–Crippen MR) is 137 cm³/mol. The molecule has 0 saturated carbocycles. The van der Waals surface area contributed by atoms with Crippen molar-refractivity contribution in [2.24, 2.45) is 0 Å². The van der Waals surface area contributed by atoms with Gasteiger partial charge in [-0.2, -0.15) is 5.26 Å². The topological polar surface area (TPSA) is 77.8 Å². The average molecular weight is 490 g/mol. The number of benzene rings is 1. The van der Waals surface area contributed by atoms with Crippen molar-refractivity contribution in [2.75, 3.05) is 20.8 Å². The third-order valence-electron chi connectivity index (χ3n) is 5.80. The second-order valence-electron chi connectivity index (χ2n) is 10.8. The summed E-state index contributed by atoms with van der Waals surface area (Å²) in [5, 5.41) is 9.83. The molecule has 0 unspecified atom stereocenters. The first-order valence-electron chi connectivity index (χ1n) is 11.5. The third-order valence-corrected chi connectivity index (χ3v) is 12.0. The molecule has 0 saturated heterocycles. The van der Waals surface area contributed by atoms with Crippen LogP contribution in [0, 0.1) is 11.3 Å². The highest BCUT2D eigenvalue weighted by molar-refractivity contribution is 6.84. The molecule has 1 aliphatic rings. The van der Waals surface area contributed by atoms with E-state index in [4.69, 9.17) is 18.3 Å². The molecule has 1 aromatic rings. The number of hydrogen-bond donors (Lipinski definition) is 0. The van der Waals surface area contributed by atoms with Gasteiger partial charge >= 0.3 is 5.97 Å². The number of rotatable bonds is 10. The van der Waals surface area contributed by atoms with Crippen molar-refractivity contribution in [3.05, 3.63) is 28.8 Å². The normalized spacial score (nSPS) is 16.6. The summed E-state index contributed by atoms with van der Waals surface area (Å²) in [5.74, 6) is 0.654. The van der Waals surface area contributed by atoms with E-state index in [2.05, 4.69) is 52.7 Å². The van der Waals surface area contributed by atoms with Crippen LogP contribution < -0.4 is 9.47 Å². The lowest BCUT2D eigenvalue weighted by Crippen LogP contribution is -2.42. The maximum Gasteiger partial charge on any atom is 0.349 e. The fourth-order valence-corrected chi connectivity index (χ4v) is 12.7. The highest BCUT2D eigenvalue weighted by atomic mass is 28.4. The van der Waals surface area contributed by atoms with Crippen molar-refractivity contribution < 1.29 is 23.1 Å². The van der Waals surface area contributed by atoms with Gasteiger partial charge in [-0.25, -0.2) is 4.79 Å². The van der Waals surface area contributed by atoms with Gasteiger partial charge in [0, 0.05) is 0 Å². The van der Waals surface area contributed by atoms with E-state index < -0.39 is 22.6 Å². The number of carbonyl (C=O) groups excluding carboxylic acids is 1. The number of methoxy groups -OCH3 is 2. The Morgan fingerprint density at radius 3 is 2.21 bits per heavy atom. The fourth-order valence-electron chi connectivity index (χ4n) is 4.55. The summed E-state index contributed by atoms with van der Waals surface area (Å²) in [7, 11) is -0.0771. The van der Waals surface area contributed by atoms with Crippen LogP contribution in [-0.2, 0) is 19.1 Å². The van der Waals surface area contributed by atoms with Crippen molar-refractivity contribution in [3.8, 4) is 17.6 Å². The number of fused-ring (bicyclic) bond motifs is 1. The highest BCUT2D eigenvalue weighted by Gasteiger charge is 2.38. The molecule has 0 heterocycles. The summed E-state index contributed by atoms with van der Waals surface area (Å²) < 4.78 is 22.8. The lowest BCUT2D eigenvalue weighted by Gasteiger charge is -2.31. The summed E-state index contributed by atoms with van der Waals surface area (Å²) in [6.45, 7) is 15.6. The summed E-state index contributed by atoms with van der Waals surface area (Å²) >= 11 is 0. The van der Waals surface area contributed by atoms with E-state index in [1.807, 2.05) is 12.1 Å². The Hall–Kier alpha value is -2.09. The van der Waals surface area contributed by atoms with Crippen molar-refractivity contribution in [3.63, 3.8) is 0 Å². The molecule has 0 aromatic heterocycles. The monoisotopic (exact) mass is 489 g/mol. The van der Waals surface area contributed by atoms with Crippen molar-refractivity contribution >= 4 is 28.2 Å². The summed E-state index contributed by atoms with van der Waals surface area (Å²) in [5.41, 5.74) is 2.43. The van der Waals surface area contributed by atoms with E-state index in [9.17, 15) is 10.1 Å². The number of allylic oxidation sites excluding steroid dienone is 1. The number of ether oxygens (including phenoxy) is 3. The van der Waals surface area contributed by atoms with Gasteiger partial charge in [0.1, 0.15) is 11.6 Å². The number of hydrogen-bond acceptors (Lipinski definition) is 6. The smallest absolute Gasteiger partial charge is 0.349 e. The second-order valence-corrected chi connectivity index (χ2v) is 19.9. The van der Waals surface area contributed by atoms with E-state index in [1.54, 1.807) is 14.2 Å². The molecule has 0 radical (unpaired) electrons. The van der Waals surface area contributed by atoms with Crippen molar-refractivity contribution in [1.29, 1.82) is 5.26 Å². The predicted octanol–water partition coefficient (Wildman–Crippen LogP) is 6.04. The Balaban J connectivity index is 2.12. The van der Waals surface area contributed by atoms with E-state index in [-0.39, 0.29) is 11.0 Å². The maximum atomic E-state index is 12.8. The molecule has 0 aliphatic heterocycles. The Morgan fingerprint density at radius 1 is 1.06 bits per heavy atom. The molecule has 182 valence electrons. The van der Waals surface area contributed by atoms with Gasteiger partial charge in [-0.1, -0.05) is 20.3 Å². The van der Waals surface area contributed by atoms with Crippen LogP contribution in [0.15, 0.2) is 17.7 Å². The quantitative estimate of drug-likeness (QED) is 0.131. The molecular formula is C25H39NO5Si2. The van der Waals surface area contributed by atoms with E-state index in [0.717, 1.165) is 30.0 Å². The molecule has 0 fully saturated rings. The minimum atomic E-state index is -1.70. The molecule has 0 atom stereocenters. The summed E-state index contributed by atoms with van der Waals surface area (Å²) in [6.07, 6.45) is 2.28. The Labute approximate surface area is 201 Å². The number of nitrogens with zero attached hydrogens (tertiary/aromatic N) is 1. The third kappa shape index (κ3) is 6.95. The lowest BCUT2D eigenvalue weighted by molar-refractivity contribution is -0.138. The standard InChI is InChI=1S/C25H39NO5Si2/c1-25(2)16-19(18-14-22(28-3)23(29-4)15-21(18)25)20(17-26)24(27)30-12-10-11-13-33(8,9)31-32(5,6)7/h14-15H,10-13,16H2,1-9H3. The molecule has 2 rings (SSSR count). The van der Waals surface area contributed by atoms with Crippen LogP contribution in [0.3, 0.4) is 0 Å². The second kappa shape index (κ2) is 10.5. The molecule has 33 heavy (non-hydrogen) atoms. The molecule has 0 amide bonds. The zero-order valence-corrected chi connectivity index (χ0v) is 23.7. The highest BCUT2D eigenvalue weighted by Crippen LogP contribution is 2.50. The van der Waals surface area contributed by atoms with Crippen LogP contribution in [0.2, 0.25) is 38.8 Å². The molecule has 0 spiro atoms. The summed E-state index contributed by atoms with van der Waals surface area (Å²) in [6, 6.07) is 6.93. The molecule has 0 N–H and O–H groups in total. The lowest BCUT2D eigenvalue weighted by atomic mass is 9.86. The van der Waals surface area contributed by atoms with Crippen LogP contribution in [0.25, 0.3) is 5.57 Å². The van der Waals surface area contributed by atoms with Crippen LogP contribution in [0.5, 0.6) is 11.5 Å². The van der Waals surface area contributed by atoms with Gasteiger partial charge in [-0.15, -0.1) is 0 Å². The molecular weight excluding hydrogens is 450 g/mol. The first-order chi connectivity index (χ1) is 15.2. The van der Waals surface area contributed by atoms with Gasteiger partial charge in [0.25, 0.3) is 0 Å². The Bertz CT molecular complexity index is 955. The molecule has 6 nitrogen and oxygen atoms in total. The maximum absolute atomic E-state index is 12.8.